The highest BCUT2D eigenvalue weighted by atomic mass is 32.2. The Morgan fingerprint density at radius 3 is 2.58 bits per heavy atom. The van der Waals surface area contributed by atoms with E-state index in [0.717, 1.165) is 17.8 Å². The van der Waals surface area contributed by atoms with Crippen LogP contribution in [-0.2, 0) is 25.1 Å². The highest BCUT2D eigenvalue weighted by Crippen LogP contribution is 2.51. The van der Waals surface area contributed by atoms with Gasteiger partial charge in [0.15, 0.2) is 5.54 Å². The Labute approximate surface area is 185 Å². The summed E-state index contributed by atoms with van der Waals surface area (Å²) in [7, 11) is -5.87. The van der Waals surface area contributed by atoms with Crippen LogP contribution in [0.3, 0.4) is 0 Å². The second kappa shape index (κ2) is 7.38. The first-order chi connectivity index (χ1) is 15.6. The lowest BCUT2D eigenvalue weighted by atomic mass is 9.82. The van der Waals surface area contributed by atoms with Crippen molar-refractivity contribution in [1.29, 1.82) is 0 Å². The first kappa shape index (κ1) is 21.6. The number of benzene rings is 1. The summed E-state index contributed by atoms with van der Waals surface area (Å²) in [6.07, 6.45) is 1.64. The largest absolute Gasteiger partial charge is 0.534 e. The highest BCUT2D eigenvalue weighted by molar-refractivity contribution is 7.88. The number of alkyl halides is 3. The molecule has 176 valence electrons. The average molecular weight is 486 g/mol. The number of amidine groups is 1. The number of rotatable bonds is 3. The van der Waals surface area contributed by atoms with Crippen LogP contribution in [0.5, 0.6) is 17.4 Å². The molecule has 33 heavy (non-hydrogen) atoms. The normalized spacial score (nSPS) is 22.2. The van der Waals surface area contributed by atoms with Crippen molar-refractivity contribution in [2.75, 3.05) is 37.8 Å². The molecule has 0 saturated carbocycles. The van der Waals surface area contributed by atoms with Gasteiger partial charge in [-0.25, -0.2) is 9.98 Å². The summed E-state index contributed by atoms with van der Waals surface area (Å²) in [6.45, 7) is 2.28. The molecule has 1 atom stereocenters. The lowest BCUT2D eigenvalue weighted by Crippen LogP contribution is -2.37. The van der Waals surface area contributed by atoms with Crippen molar-refractivity contribution in [2.24, 2.45) is 10.7 Å². The van der Waals surface area contributed by atoms with Crippen molar-refractivity contribution in [2.45, 2.75) is 11.0 Å². The Bertz CT molecular complexity index is 1250. The second-order valence-corrected chi connectivity index (χ2v) is 9.03. The van der Waals surface area contributed by atoms with E-state index in [4.69, 9.17) is 19.9 Å². The van der Waals surface area contributed by atoms with Gasteiger partial charge in [0, 0.05) is 18.7 Å². The molecular weight excluding hydrogens is 469 g/mol. The molecule has 3 aliphatic heterocycles. The third-order valence-corrected chi connectivity index (χ3v) is 6.46. The molecular formula is C19H17F3N4O6S. The molecule has 5 rings (SSSR count). The quantitative estimate of drug-likeness (QED) is 0.511. The second-order valence-electron chi connectivity index (χ2n) is 7.49. The smallest absolute Gasteiger partial charge is 0.462 e. The molecule has 2 N–H and O–H groups in total. The Morgan fingerprint density at radius 2 is 1.91 bits per heavy atom. The number of fused-ring (bicyclic) bond motifs is 4. The van der Waals surface area contributed by atoms with Gasteiger partial charge < -0.3 is 29.0 Å². The number of aliphatic imine (C=N–C) groups is 1. The summed E-state index contributed by atoms with van der Waals surface area (Å²) in [5.41, 5.74) is 0.353. The van der Waals surface area contributed by atoms with Crippen molar-refractivity contribution in [3.05, 3.63) is 41.6 Å². The number of pyridine rings is 1. The number of nitrogens with two attached hydrogens (primary N) is 1. The number of anilines is 1. The molecule has 10 nitrogen and oxygen atoms in total. The Balaban J connectivity index is 1.61. The van der Waals surface area contributed by atoms with Crippen molar-refractivity contribution >= 4 is 21.8 Å². The minimum absolute atomic E-state index is 0.0914. The van der Waals surface area contributed by atoms with Crippen molar-refractivity contribution in [3.8, 4) is 17.4 Å². The lowest BCUT2D eigenvalue weighted by molar-refractivity contribution is -0.0500. The monoisotopic (exact) mass is 486 g/mol. The molecule has 3 aliphatic rings. The van der Waals surface area contributed by atoms with Gasteiger partial charge in [-0.15, -0.1) is 0 Å². The van der Waals surface area contributed by atoms with Gasteiger partial charge in [-0.3, -0.25) is 0 Å². The van der Waals surface area contributed by atoms with E-state index in [2.05, 4.69) is 19.1 Å². The Morgan fingerprint density at radius 1 is 1.15 bits per heavy atom. The zero-order valence-electron chi connectivity index (χ0n) is 16.8. The third kappa shape index (κ3) is 3.58. The lowest BCUT2D eigenvalue weighted by Gasteiger charge is -2.34. The maximum Gasteiger partial charge on any atom is 0.534 e. The van der Waals surface area contributed by atoms with Crippen LogP contribution in [0.4, 0.5) is 18.9 Å². The van der Waals surface area contributed by atoms with Crippen LogP contribution >= 0.6 is 0 Å². The van der Waals surface area contributed by atoms with Gasteiger partial charge >= 0.3 is 15.6 Å². The summed E-state index contributed by atoms with van der Waals surface area (Å²) in [4.78, 5) is 10.9. The topological polar surface area (TPSA) is 126 Å². The number of halogens is 3. The zero-order valence-corrected chi connectivity index (χ0v) is 17.6. The minimum Gasteiger partial charge on any atom is -0.462 e. The molecule has 1 aromatic heterocycles. The standard InChI is InChI=1S/C19H17F3N4O6S/c20-19(21,22)33(27,28)32-12-1-2-15-13(8-12)18(10-30-17(23)25-18)14-7-11(9-24-16(14)31-15)26-3-5-29-6-4-26/h1-2,7-9H,3-6,10H2,(H2,23,25). The Kier molecular flexibility index (Phi) is 4.83. The van der Waals surface area contributed by atoms with Crippen LogP contribution in [0.25, 0.3) is 0 Å². The fraction of sp³-hybridized carbons (Fsp3) is 0.368. The molecule has 0 aliphatic carbocycles. The molecule has 1 aromatic carbocycles. The summed E-state index contributed by atoms with van der Waals surface area (Å²) in [5.74, 6) is -0.137. The zero-order chi connectivity index (χ0) is 23.4. The van der Waals surface area contributed by atoms with E-state index in [0.29, 0.717) is 31.9 Å². The van der Waals surface area contributed by atoms with E-state index < -0.39 is 26.9 Å². The molecule has 0 radical (unpaired) electrons. The highest BCUT2D eigenvalue weighted by Gasteiger charge is 2.50. The van der Waals surface area contributed by atoms with Gasteiger partial charge in [0.2, 0.25) is 5.88 Å². The predicted molar refractivity (Wildman–Crippen MR) is 108 cm³/mol. The maximum absolute atomic E-state index is 12.8. The maximum atomic E-state index is 12.8. The van der Waals surface area contributed by atoms with Crippen LogP contribution in [0.1, 0.15) is 11.1 Å². The number of aromatic nitrogens is 1. The van der Waals surface area contributed by atoms with Gasteiger partial charge in [-0.1, -0.05) is 0 Å². The van der Waals surface area contributed by atoms with E-state index >= 15 is 0 Å². The summed E-state index contributed by atoms with van der Waals surface area (Å²) < 4.78 is 82.3. The number of ether oxygens (including phenoxy) is 3. The van der Waals surface area contributed by atoms with E-state index in [1.54, 1.807) is 12.3 Å². The average Bonchev–Trinajstić information content (AvgIpc) is 3.16. The number of hydrogen-bond donors (Lipinski definition) is 1. The first-order valence-corrected chi connectivity index (χ1v) is 11.1. The minimum atomic E-state index is -5.87. The number of morpholine rings is 1. The molecule has 2 aromatic rings. The third-order valence-electron chi connectivity index (χ3n) is 5.48. The van der Waals surface area contributed by atoms with Crippen molar-refractivity contribution in [1.82, 2.24) is 4.98 Å². The van der Waals surface area contributed by atoms with Crippen molar-refractivity contribution in [3.63, 3.8) is 0 Å². The summed E-state index contributed by atoms with van der Waals surface area (Å²) in [5, 5.41) is 0. The molecule has 1 unspecified atom stereocenters. The van der Waals surface area contributed by atoms with Gasteiger partial charge in [0.25, 0.3) is 6.02 Å². The summed E-state index contributed by atoms with van der Waals surface area (Å²) in [6, 6.07) is 5.10. The number of hydrogen-bond acceptors (Lipinski definition) is 10. The fourth-order valence-corrected chi connectivity index (χ4v) is 4.37. The van der Waals surface area contributed by atoms with E-state index in [1.807, 2.05) is 0 Å². The molecule has 0 amide bonds. The molecule has 1 spiro atoms. The Hall–Kier alpha value is -3.26. The van der Waals surface area contributed by atoms with E-state index in [-0.39, 0.29) is 29.8 Å². The number of nitrogens with zero attached hydrogens (tertiary/aromatic N) is 3. The van der Waals surface area contributed by atoms with Crippen LogP contribution in [0.15, 0.2) is 35.5 Å². The van der Waals surface area contributed by atoms with Crippen LogP contribution in [0.2, 0.25) is 0 Å². The summed E-state index contributed by atoms with van der Waals surface area (Å²) >= 11 is 0. The van der Waals surface area contributed by atoms with Gasteiger partial charge in [0.05, 0.1) is 30.7 Å². The van der Waals surface area contributed by atoms with E-state index in [9.17, 15) is 21.6 Å². The first-order valence-electron chi connectivity index (χ1n) is 9.73. The van der Waals surface area contributed by atoms with E-state index in [1.165, 1.54) is 6.07 Å². The van der Waals surface area contributed by atoms with Crippen molar-refractivity contribution < 1.29 is 40.0 Å². The van der Waals surface area contributed by atoms with Crippen LogP contribution < -0.4 is 19.6 Å². The molecule has 4 heterocycles. The molecule has 1 fully saturated rings. The molecule has 14 heteroatoms. The van der Waals surface area contributed by atoms with Crippen LogP contribution in [-0.4, -0.2) is 57.8 Å². The fourth-order valence-electron chi connectivity index (χ4n) is 3.92. The van der Waals surface area contributed by atoms with Crippen LogP contribution in [0, 0.1) is 0 Å². The SMILES string of the molecule is NC1=NC2(CO1)c1cc(OS(=O)(=O)C(F)(F)F)ccc1Oc1ncc(N3CCOCC3)cc12. The predicted octanol–water partition coefficient (Wildman–Crippen LogP) is 1.84. The van der Waals surface area contributed by atoms with Gasteiger partial charge in [-0.05, 0) is 24.3 Å². The molecule has 1 saturated heterocycles. The van der Waals surface area contributed by atoms with Gasteiger partial charge in [0.1, 0.15) is 18.1 Å². The van der Waals surface area contributed by atoms with Gasteiger partial charge in [-0.2, -0.15) is 21.6 Å². The molecule has 0 bridgehead atoms.